The molecule has 418 valence electrons. The molecule has 0 radical (unpaired) electrons. The van der Waals surface area contributed by atoms with E-state index < -0.39 is 6.10 Å². The van der Waals surface area contributed by atoms with E-state index >= 15 is 0 Å². The molecule has 0 amide bonds. The van der Waals surface area contributed by atoms with Crippen LogP contribution < -0.4 is 0 Å². The molecule has 71 heavy (non-hydrogen) atoms. The lowest BCUT2D eigenvalue weighted by molar-refractivity contribution is -0.167. The highest BCUT2D eigenvalue weighted by Crippen LogP contribution is 2.18. The number of allylic oxidation sites excluding steroid dienone is 4. The molecule has 0 aliphatic heterocycles. The van der Waals surface area contributed by atoms with Gasteiger partial charge in [-0.1, -0.05) is 308 Å². The lowest BCUT2D eigenvalue weighted by Gasteiger charge is -2.18. The van der Waals surface area contributed by atoms with Gasteiger partial charge in [-0.05, 0) is 51.4 Å². The Labute approximate surface area is 443 Å². The minimum absolute atomic E-state index is 0.0657. The van der Waals surface area contributed by atoms with Crippen LogP contribution >= 0.6 is 0 Å². The number of hydrogen-bond acceptors (Lipinski definition) is 6. The molecule has 0 aliphatic rings. The Balaban J connectivity index is 4.02. The third-order valence-electron chi connectivity index (χ3n) is 14.5. The van der Waals surface area contributed by atoms with Gasteiger partial charge in [0.15, 0.2) is 6.10 Å². The molecule has 0 saturated heterocycles. The second kappa shape index (κ2) is 60.4. The fourth-order valence-corrected chi connectivity index (χ4v) is 9.65. The van der Waals surface area contributed by atoms with Crippen LogP contribution in [0, 0.1) is 0 Å². The number of carbonyl (C=O) groups excluding carboxylic acids is 3. The zero-order valence-electron chi connectivity index (χ0n) is 48.0. The number of rotatable bonds is 59. The van der Waals surface area contributed by atoms with Crippen molar-refractivity contribution in [1.29, 1.82) is 0 Å². The largest absolute Gasteiger partial charge is 0.462 e. The van der Waals surface area contributed by atoms with Crippen LogP contribution in [0.3, 0.4) is 0 Å². The van der Waals surface area contributed by atoms with Gasteiger partial charge in [0.1, 0.15) is 13.2 Å². The molecule has 0 heterocycles. The molecule has 1 unspecified atom stereocenters. The highest BCUT2D eigenvalue weighted by Gasteiger charge is 2.19. The molecule has 0 rings (SSSR count). The molecule has 0 fully saturated rings. The summed E-state index contributed by atoms with van der Waals surface area (Å²) in [6.45, 7) is 6.63. The summed E-state index contributed by atoms with van der Waals surface area (Å²) in [5.74, 6) is -0.851. The van der Waals surface area contributed by atoms with Gasteiger partial charge in [0, 0.05) is 19.3 Å². The zero-order chi connectivity index (χ0) is 51.4. The summed E-state index contributed by atoms with van der Waals surface area (Å²) in [6.07, 6.45) is 72.3. The van der Waals surface area contributed by atoms with E-state index in [2.05, 4.69) is 45.1 Å². The van der Waals surface area contributed by atoms with Gasteiger partial charge in [-0.15, -0.1) is 0 Å². The maximum atomic E-state index is 12.8. The van der Waals surface area contributed by atoms with Crippen LogP contribution in [0.15, 0.2) is 24.3 Å². The first-order chi connectivity index (χ1) is 35.0. The van der Waals surface area contributed by atoms with E-state index in [9.17, 15) is 14.4 Å². The van der Waals surface area contributed by atoms with Gasteiger partial charge in [-0.3, -0.25) is 14.4 Å². The summed E-state index contributed by atoms with van der Waals surface area (Å²) >= 11 is 0. The van der Waals surface area contributed by atoms with Crippen LogP contribution in [0.5, 0.6) is 0 Å². The van der Waals surface area contributed by atoms with Gasteiger partial charge in [0.2, 0.25) is 0 Å². The quantitative estimate of drug-likeness (QED) is 0.0261. The minimum Gasteiger partial charge on any atom is -0.462 e. The Bertz CT molecular complexity index is 1150. The molecule has 0 N–H and O–H groups in total. The molecule has 6 nitrogen and oxygen atoms in total. The lowest BCUT2D eigenvalue weighted by Crippen LogP contribution is -2.30. The molecule has 0 aromatic carbocycles. The summed E-state index contributed by atoms with van der Waals surface area (Å²) in [7, 11) is 0. The predicted molar refractivity (Wildman–Crippen MR) is 307 cm³/mol. The van der Waals surface area contributed by atoms with Crippen LogP contribution in [0.2, 0.25) is 0 Å². The molecule has 6 heteroatoms. The van der Waals surface area contributed by atoms with Crippen molar-refractivity contribution in [2.24, 2.45) is 0 Å². The Hall–Kier alpha value is -2.11. The molecular formula is C65H122O6. The maximum absolute atomic E-state index is 12.8. The van der Waals surface area contributed by atoms with E-state index in [1.807, 2.05) is 0 Å². The van der Waals surface area contributed by atoms with Gasteiger partial charge in [-0.25, -0.2) is 0 Å². The van der Waals surface area contributed by atoms with Crippen molar-refractivity contribution in [3.63, 3.8) is 0 Å². The van der Waals surface area contributed by atoms with Crippen molar-refractivity contribution >= 4 is 17.9 Å². The van der Waals surface area contributed by atoms with Crippen molar-refractivity contribution < 1.29 is 28.6 Å². The Morgan fingerprint density at radius 2 is 0.507 bits per heavy atom. The number of ether oxygens (including phenoxy) is 3. The molecule has 0 aromatic rings. The number of unbranched alkanes of at least 4 members (excludes halogenated alkanes) is 44. The van der Waals surface area contributed by atoms with E-state index in [1.54, 1.807) is 0 Å². The first-order valence-electron chi connectivity index (χ1n) is 31.8. The molecule has 0 aliphatic carbocycles. The first kappa shape index (κ1) is 68.9. The topological polar surface area (TPSA) is 78.9 Å². The van der Waals surface area contributed by atoms with Gasteiger partial charge >= 0.3 is 17.9 Å². The van der Waals surface area contributed by atoms with Crippen LogP contribution in [-0.2, 0) is 28.6 Å². The predicted octanol–water partition coefficient (Wildman–Crippen LogP) is 21.4. The summed E-state index contributed by atoms with van der Waals surface area (Å²) in [5, 5.41) is 0. The summed E-state index contributed by atoms with van der Waals surface area (Å²) in [6, 6.07) is 0. The fraction of sp³-hybridized carbons (Fsp3) is 0.892. The zero-order valence-corrected chi connectivity index (χ0v) is 48.0. The minimum atomic E-state index is -0.764. The molecular weight excluding hydrogens is 877 g/mol. The van der Waals surface area contributed by atoms with Crippen LogP contribution in [-0.4, -0.2) is 37.2 Å². The van der Waals surface area contributed by atoms with Crippen molar-refractivity contribution in [2.45, 2.75) is 361 Å². The fourth-order valence-electron chi connectivity index (χ4n) is 9.65. The highest BCUT2D eigenvalue weighted by molar-refractivity contribution is 5.71. The third-order valence-corrected chi connectivity index (χ3v) is 14.5. The van der Waals surface area contributed by atoms with E-state index in [-0.39, 0.29) is 31.1 Å². The lowest BCUT2D eigenvalue weighted by atomic mass is 10.0. The van der Waals surface area contributed by atoms with E-state index in [0.717, 1.165) is 64.2 Å². The Morgan fingerprint density at radius 3 is 0.775 bits per heavy atom. The van der Waals surface area contributed by atoms with Gasteiger partial charge in [-0.2, -0.15) is 0 Å². The van der Waals surface area contributed by atoms with E-state index in [0.29, 0.717) is 19.3 Å². The standard InChI is InChI=1S/C65H122O6/c1-4-7-10-13-16-18-20-22-24-26-28-30-31-32-33-34-35-36-38-39-41-43-45-47-49-52-55-58-64(67)70-61-62(60-69-63(66)57-54-51-15-12-9-6-3)71-65(68)59-56-53-50-48-46-44-42-40-37-29-27-25-23-21-19-17-14-11-8-5-2/h20,22,26,28,62H,4-19,21,23-25,27,29-61H2,1-3H3/b22-20-,28-26-. The normalized spacial score (nSPS) is 12.1. The smallest absolute Gasteiger partial charge is 0.306 e. The number of carbonyl (C=O) groups is 3. The summed E-state index contributed by atoms with van der Waals surface area (Å²) in [4.78, 5) is 38.0. The summed E-state index contributed by atoms with van der Waals surface area (Å²) in [5.41, 5.74) is 0. The van der Waals surface area contributed by atoms with Crippen molar-refractivity contribution in [3.05, 3.63) is 24.3 Å². The Kier molecular flexibility index (Phi) is 58.6. The highest BCUT2D eigenvalue weighted by atomic mass is 16.6. The van der Waals surface area contributed by atoms with Crippen LogP contribution in [0.25, 0.3) is 0 Å². The Morgan fingerprint density at radius 1 is 0.282 bits per heavy atom. The molecule has 0 aromatic heterocycles. The second-order valence-electron chi connectivity index (χ2n) is 21.7. The first-order valence-corrected chi connectivity index (χ1v) is 31.8. The number of esters is 3. The SMILES string of the molecule is CCCCCCC/C=C\C/C=C\CCCCCCCCCCCCCCCCCC(=O)OCC(COC(=O)CCCCCCCC)OC(=O)CCCCCCCCCCCCCCCCCCCCCC. The van der Waals surface area contributed by atoms with Crippen molar-refractivity contribution in [2.75, 3.05) is 13.2 Å². The van der Waals surface area contributed by atoms with Gasteiger partial charge < -0.3 is 14.2 Å². The molecule has 0 spiro atoms. The van der Waals surface area contributed by atoms with E-state index in [4.69, 9.17) is 14.2 Å². The summed E-state index contributed by atoms with van der Waals surface area (Å²) < 4.78 is 16.8. The molecule has 0 saturated carbocycles. The van der Waals surface area contributed by atoms with Crippen molar-refractivity contribution in [1.82, 2.24) is 0 Å². The van der Waals surface area contributed by atoms with Gasteiger partial charge in [0.25, 0.3) is 0 Å². The van der Waals surface area contributed by atoms with Crippen molar-refractivity contribution in [3.8, 4) is 0 Å². The van der Waals surface area contributed by atoms with Gasteiger partial charge in [0.05, 0.1) is 0 Å². The third kappa shape index (κ3) is 58.7. The molecule has 1 atom stereocenters. The second-order valence-corrected chi connectivity index (χ2v) is 21.7. The van der Waals surface area contributed by atoms with Crippen LogP contribution in [0.4, 0.5) is 0 Å². The van der Waals surface area contributed by atoms with E-state index in [1.165, 1.54) is 250 Å². The monoisotopic (exact) mass is 999 g/mol. The average molecular weight is 1000 g/mol. The number of hydrogen-bond donors (Lipinski definition) is 0. The average Bonchev–Trinajstić information content (AvgIpc) is 3.37. The molecule has 0 bridgehead atoms. The maximum Gasteiger partial charge on any atom is 0.306 e. The van der Waals surface area contributed by atoms with Crippen LogP contribution in [0.1, 0.15) is 355 Å².